The Hall–Kier alpha value is -3.29. The summed E-state index contributed by atoms with van der Waals surface area (Å²) >= 11 is 0. The van der Waals surface area contributed by atoms with Crippen molar-refractivity contribution < 1.29 is 23.2 Å². The van der Waals surface area contributed by atoms with Crippen LogP contribution < -0.4 is 15.5 Å². The second-order valence-electron chi connectivity index (χ2n) is 6.64. The zero-order valence-electron chi connectivity index (χ0n) is 15.3. The molecular formula is C20H19F2N3O3. The number of nitrogens with zero attached hydrogens (tertiary/aromatic N) is 1. The molecule has 0 radical (unpaired) electrons. The van der Waals surface area contributed by atoms with Gasteiger partial charge in [0.25, 0.3) is 5.91 Å². The van der Waals surface area contributed by atoms with E-state index in [1.54, 1.807) is 31.3 Å². The Labute approximate surface area is 160 Å². The lowest BCUT2D eigenvalue weighted by molar-refractivity contribution is -0.130. The zero-order valence-corrected chi connectivity index (χ0v) is 15.3. The van der Waals surface area contributed by atoms with E-state index < -0.39 is 35.5 Å². The van der Waals surface area contributed by atoms with Crippen LogP contribution in [0.15, 0.2) is 42.5 Å². The van der Waals surface area contributed by atoms with Crippen LogP contribution >= 0.6 is 0 Å². The number of fused-ring (bicyclic) bond motifs is 1. The average molecular weight is 387 g/mol. The van der Waals surface area contributed by atoms with Gasteiger partial charge in [-0.3, -0.25) is 14.4 Å². The van der Waals surface area contributed by atoms with Crippen molar-refractivity contribution in [2.75, 3.05) is 11.9 Å². The number of rotatable bonds is 5. The van der Waals surface area contributed by atoms with Gasteiger partial charge in [0.2, 0.25) is 11.8 Å². The number of hydrogen-bond acceptors (Lipinski definition) is 3. The molecule has 1 aliphatic rings. The molecule has 0 saturated heterocycles. The first-order valence-corrected chi connectivity index (χ1v) is 8.67. The Bertz CT molecular complexity index is 928. The number of carbonyl (C=O) groups excluding carboxylic acids is 3. The highest BCUT2D eigenvalue weighted by molar-refractivity contribution is 6.06. The number of anilines is 1. The molecule has 1 unspecified atom stereocenters. The zero-order chi connectivity index (χ0) is 20.4. The van der Waals surface area contributed by atoms with Gasteiger partial charge in [0.05, 0.1) is 6.42 Å². The monoisotopic (exact) mass is 387 g/mol. The minimum Gasteiger partial charge on any atom is -0.344 e. The number of amides is 3. The molecule has 0 spiro atoms. The van der Waals surface area contributed by atoms with Gasteiger partial charge in [-0.15, -0.1) is 0 Å². The van der Waals surface area contributed by atoms with Gasteiger partial charge in [0.15, 0.2) is 0 Å². The highest BCUT2D eigenvalue weighted by Gasteiger charge is 2.36. The van der Waals surface area contributed by atoms with Crippen LogP contribution in [-0.4, -0.2) is 30.8 Å². The van der Waals surface area contributed by atoms with E-state index in [1.165, 1.54) is 11.8 Å². The Morgan fingerprint density at radius 3 is 2.46 bits per heavy atom. The van der Waals surface area contributed by atoms with Crippen LogP contribution in [0, 0.1) is 11.6 Å². The summed E-state index contributed by atoms with van der Waals surface area (Å²) in [7, 11) is 1.62. The van der Waals surface area contributed by atoms with Crippen molar-refractivity contribution in [1.29, 1.82) is 0 Å². The summed E-state index contributed by atoms with van der Waals surface area (Å²) in [6.45, 7) is 1.47. The van der Waals surface area contributed by atoms with Crippen LogP contribution in [0.3, 0.4) is 0 Å². The molecule has 2 aromatic rings. The van der Waals surface area contributed by atoms with Gasteiger partial charge in [0.1, 0.15) is 23.7 Å². The van der Waals surface area contributed by atoms with Gasteiger partial charge in [-0.1, -0.05) is 18.2 Å². The molecule has 28 heavy (non-hydrogen) atoms. The minimum absolute atomic E-state index is 0.157. The lowest BCUT2D eigenvalue weighted by Gasteiger charge is -2.18. The van der Waals surface area contributed by atoms with E-state index in [9.17, 15) is 23.2 Å². The molecule has 0 fully saturated rings. The van der Waals surface area contributed by atoms with E-state index in [0.717, 1.165) is 12.1 Å². The second-order valence-corrected chi connectivity index (χ2v) is 6.64. The first kappa shape index (κ1) is 19.5. The SMILES string of the molecule is C[C@H](NC(=O)Cc1cc(F)cc(F)c1)C(=O)NC1C(=O)N(C)c2ccccc21. The highest BCUT2D eigenvalue weighted by Crippen LogP contribution is 2.34. The molecule has 1 aliphatic heterocycles. The van der Waals surface area contributed by atoms with Gasteiger partial charge < -0.3 is 15.5 Å². The third kappa shape index (κ3) is 4.00. The number of likely N-dealkylation sites (N-methyl/N-ethyl adjacent to an activating group) is 1. The summed E-state index contributed by atoms with van der Waals surface area (Å²) in [5, 5.41) is 5.11. The summed E-state index contributed by atoms with van der Waals surface area (Å²) in [6.07, 6.45) is -0.278. The van der Waals surface area contributed by atoms with Crippen LogP contribution in [0.5, 0.6) is 0 Å². The molecule has 0 saturated carbocycles. The molecule has 0 aliphatic carbocycles. The molecule has 1 heterocycles. The number of carbonyl (C=O) groups is 3. The van der Waals surface area contributed by atoms with Gasteiger partial charge in [-0.2, -0.15) is 0 Å². The topological polar surface area (TPSA) is 78.5 Å². The fourth-order valence-electron chi connectivity index (χ4n) is 3.15. The third-order valence-electron chi connectivity index (χ3n) is 4.53. The van der Waals surface area contributed by atoms with E-state index in [-0.39, 0.29) is 17.9 Å². The number of para-hydroxylation sites is 1. The molecule has 0 aromatic heterocycles. The molecule has 2 N–H and O–H groups in total. The maximum atomic E-state index is 13.2. The number of nitrogens with one attached hydrogen (secondary N) is 2. The summed E-state index contributed by atoms with van der Waals surface area (Å²) in [5.74, 6) is -2.94. The van der Waals surface area contributed by atoms with Crippen molar-refractivity contribution in [2.24, 2.45) is 0 Å². The number of hydrogen-bond donors (Lipinski definition) is 2. The normalized spacial score (nSPS) is 16.5. The molecule has 3 rings (SSSR count). The van der Waals surface area contributed by atoms with Crippen LogP contribution in [0.2, 0.25) is 0 Å². The van der Waals surface area contributed by atoms with Crippen molar-refractivity contribution in [3.63, 3.8) is 0 Å². The first-order chi connectivity index (χ1) is 13.3. The number of benzene rings is 2. The fourth-order valence-corrected chi connectivity index (χ4v) is 3.15. The van der Waals surface area contributed by atoms with Crippen molar-refractivity contribution in [1.82, 2.24) is 10.6 Å². The van der Waals surface area contributed by atoms with Crippen LogP contribution in [-0.2, 0) is 20.8 Å². The molecule has 0 bridgehead atoms. The first-order valence-electron chi connectivity index (χ1n) is 8.67. The van der Waals surface area contributed by atoms with Crippen molar-refractivity contribution >= 4 is 23.4 Å². The van der Waals surface area contributed by atoms with Crippen LogP contribution in [0.1, 0.15) is 24.1 Å². The quantitative estimate of drug-likeness (QED) is 0.822. The molecule has 3 amide bonds. The molecule has 6 nitrogen and oxygen atoms in total. The Kier molecular flexibility index (Phi) is 5.39. The molecule has 8 heteroatoms. The highest BCUT2D eigenvalue weighted by atomic mass is 19.1. The summed E-state index contributed by atoms with van der Waals surface area (Å²) in [5.41, 5.74) is 1.55. The van der Waals surface area contributed by atoms with Crippen LogP contribution in [0.4, 0.5) is 14.5 Å². The van der Waals surface area contributed by atoms with E-state index >= 15 is 0 Å². The van der Waals surface area contributed by atoms with Gasteiger partial charge in [-0.25, -0.2) is 8.78 Å². The maximum Gasteiger partial charge on any atom is 0.254 e. The lowest BCUT2D eigenvalue weighted by Crippen LogP contribution is -2.47. The van der Waals surface area contributed by atoms with Gasteiger partial charge in [-0.05, 0) is 30.7 Å². The fraction of sp³-hybridized carbons (Fsp3) is 0.250. The molecule has 146 valence electrons. The van der Waals surface area contributed by atoms with Crippen molar-refractivity contribution in [3.8, 4) is 0 Å². The number of halogens is 2. The van der Waals surface area contributed by atoms with Gasteiger partial charge >= 0.3 is 0 Å². The smallest absolute Gasteiger partial charge is 0.254 e. The van der Waals surface area contributed by atoms with E-state index in [1.807, 2.05) is 0 Å². The Balaban J connectivity index is 1.62. The largest absolute Gasteiger partial charge is 0.344 e. The van der Waals surface area contributed by atoms with Crippen LogP contribution in [0.25, 0.3) is 0 Å². The second kappa shape index (κ2) is 7.75. The minimum atomic E-state index is -0.934. The lowest BCUT2D eigenvalue weighted by atomic mass is 10.1. The van der Waals surface area contributed by atoms with Gasteiger partial charge in [0, 0.05) is 24.4 Å². The maximum absolute atomic E-state index is 13.2. The average Bonchev–Trinajstić information content (AvgIpc) is 2.86. The third-order valence-corrected chi connectivity index (χ3v) is 4.53. The molecule has 2 aromatic carbocycles. The predicted octanol–water partition coefficient (Wildman–Crippen LogP) is 1.85. The van der Waals surface area contributed by atoms with Crippen molar-refractivity contribution in [2.45, 2.75) is 25.4 Å². The summed E-state index contributed by atoms with van der Waals surface area (Å²) < 4.78 is 26.4. The predicted molar refractivity (Wildman–Crippen MR) is 98.4 cm³/mol. The summed E-state index contributed by atoms with van der Waals surface area (Å²) in [4.78, 5) is 38.4. The molecule has 2 atom stereocenters. The Morgan fingerprint density at radius 1 is 1.14 bits per heavy atom. The Morgan fingerprint density at radius 2 is 1.79 bits per heavy atom. The van der Waals surface area contributed by atoms with E-state index in [4.69, 9.17) is 0 Å². The molecular weight excluding hydrogens is 368 g/mol. The van der Waals surface area contributed by atoms with E-state index in [0.29, 0.717) is 17.3 Å². The van der Waals surface area contributed by atoms with E-state index in [2.05, 4.69) is 10.6 Å². The van der Waals surface area contributed by atoms with Crippen molar-refractivity contribution in [3.05, 3.63) is 65.2 Å². The summed E-state index contributed by atoms with van der Waals surface area (Å²) in [6, 6.07) is 8.16. The standard InChI is InChI=1S/C20H19F2N3O3/c1-11(23-17(26)9-12-7-13(21)10-14(22)8-12)19(27)24-18-15-5-3-4-6-16(15)25(2)20(18)28/h3-8,10-11,18H,9H2,1-2H3,(H,23,26)(H,24,27)/t11-,18?/m0/s1.